The first-order valence-corrected chi connectivity index (χ1v) is 7.72. The number of hydrogen-bond donors (Lipinski definition) is 2. The van der Waals surface area contributed by atoms with Gasteiger partial charge in [0.05, 0.1) is 12.2 Å². The summed E-state index contributed by atoms with van der Waals surface area (Å²) in [5.41, 5.74) is 5.79. The normalized spacial score (nSPS) is 23.8. The minimum atomic E-state index is -0.348. The van der Waals surface area contributed by atoms with Gasteiger partial charge in [-0.25, -0.2) is 0 Å². The molecule has 1 aliphatic heterocycles. The monoisotopic (exact) mass is 269 g/mol. The molecule has 3 nitrogen and oxygen atoms in total. The number of nitrogens with two attached hydrogens (primary N) is 1. The van der Waals surface area contributed by atoms with E-state index in [1.165, 1.54) is 17.7 Å². The van der Waals surface area contributed by atoms with E-state index in [4.69, 9.17) is 10.5 Å². The molecule has 3 unspecified atom stereocenters. The second-order valence-corrected chi connectivity index (χ2v) is 5.97. The zero-order chi connectivity index (χ0) is 12.8. The highest BCUT2D eigenvalue weighted by molar-refractivity contribution is 7.10. The first-order chi connectivity index (χ1) is 8.81. The van der Waals surface area contributed by atoms with Crippen LogP contribution in [0.4, 0.5) is 0 Å². The predicted octanol–water partition coefficient (Wildman–Crippen LogP) is 2.50. The number of hydrogen-bond acceptors (Lipinski definition) is 4. The quantitative estimate of drug-likeness (QED) is 0.834. The molecule has 1 saturated heterocycles. The minimum absolute atomic E-state index is 0.0774. The van der Waals surface area contributed by atoms with Crippen LogP contribution in [0.15, 0.2) is 17.5 Å². The van der Waals surface area contributed by atoms with E-state index in [1.54, 1.807) is 11.3 Å². The Morgan fingerprint density at radius 1 is 1.50 bits per heavy atom. The van der Waals surface area contributed by atoms with Crippen LogP contribution in [0.25, 0.3) is 0 Å². The Kier molecular flexibility index (Phi) is 5.63. The molecule has 0 spiro atoms. The molecular formula is C14H23NO2S. The minimum Gasteiger partial charge on any atom is -0.392 e. The van der Waals surface area contributed by atoms with Crippen LogP contribution in [-0.4, -0.2) is 30.5 Å². The highest BCUT2D eigenvalue weighted by Gasteiger charge is 2.22. The van der Waals surface area contributed by atoms with E-state index in [0.717, 1.165) is 25.9 Å². The van der Waals surface area contributed by atoms with E-state index < -0.39 is 0 Å². The van der Waals surface area contributed by atoms with E-state index in [1.807, 2.05) is 11.4 Å². The largest absolute Gasteiger partial charge is 0.392 e. The Balaban J connectivity index is 1.80. The number of aliphatic hydroxyl groups excluding tert-OH is 1. The molecule has 1 aliphatic rings. The summed E-state index contributed by atoms with van der Waals surface area (Å²) in [5.74, 6) is 0.0774. The average Bonchev–Trinajstić information content (AvgIpc) is 2.92. The van der Waals surface area contributed by atoms with Gasteiger partial charge in [-0.05, 0) is 43.6 Å². The summed E-state index contributed by atoms with van der Waals surface area (Å²) in [7, 11) is 0. The molecule has 2 rings (SSSR count). The van der Waals surface area contributed by atoms with Crippen LogP contribution < -0.4 is 5.73 Å². The second kappa shape index (κ2) is 7.24. The Morgan fingerprint density at radius 3 is 3.00 bits per heavy atom. The predicted molar refractivity (Wildman–Crippen MR) is 74.9 cm³/mol. The van der Waals surface area contributed by atoms with Gasteiger partial charge in [0.2, 0.25) is 0 Å². The molecule has 2 heterocycles. The van der Waals surface area contributed by atoms with Crippen molar-refractivity contribution in [1.29, 1.82) is 0 Å². The molecule has 3 atom stereocenters. The van der Waals surface area contributed by atoms with Crippen molar-refractivity contribution in [3.8, 4) is 0 Å². The molecule has 0 aliphatic carbocycles. The third-order valence-corrected chi connectivity index (χ3v) is 4.69. The van der Waals surface area contributed by atoms with E-state index >= 15 is 0 Å². The maximum Gasteiger partial charge on any atom is 0.0629 e. The highest BCUT2D eigenvalue weighted by atomic mass is 32.1. The van der Waals surface area contributed by atoms with Gasteiger partial charge in [0.1, 0.15) is 0 Å². The summed E-state index contributed by atoms with van der Waals surface area (Å²) >= 11 is 1.67. The van der Waals surface area contributed by atoms with E-state index in [2.05, 4.69) is 6.07 Å². The van der Waals surface area contributed by atoms with Crippen LogP contribution in [0.5, 0.6) is 0 Å². The van der Waals surface area contributed by atoms with Crippen LogP contribution >= 0.6 is 11.3 Å². The lowest BCUT2D eigenvalue weighted by atomic mass is 9.94. The van der Waals surface area contributed by atoms with Crippen LogP contribution in [0.2, 0.25) is 0 Å². The van der Waals surface area contributed by atoms with Gasteiger partial charge in [0.25, 0.3) is 0 Å². The second-order valence-electron chi connectivity index (χ2n) is 4.99. The van der Waals surface area contributed by atoms with Crippen LogP contribution in [-0.2, 0) is 4.74 Å². The van der Waals surface area contributed by atoms with Gasteiger partial charge in [0.15, 0.2) is 0 Å². The lowest BCUT2D eigenvalue weighted by Gasteiger charge is -2.25. The van der Waals surface area contributed by atoms with Gasteiger partial charge in [-0.2, -0.15) is 0 Å². The average molecular weight is 269 g/mol. The summed E-state index contributed by atoms with van der Waals surface area (Å²) < 4.78 is 5.69. The molecule has 0 bridgehead atoms. The molecule has 1 fully saturated rings. The molecule has 3 N–H and O–H groups in total. The van der Waals surface area contributed by atoms with Gasteiger partial charge in [-0.1, -0.05) is 6.07 Å². The molecule has 4 heteroatoms. The van der Waals surface area contributed by atoms with Gasteiger partial charge in [-0.3, -0.25) is 0 Å². The third kappa shape index (κ3) is 3.79. The molecule has 0 aromatic carbocycles. The SMILES string of the molecule is NCC(c1cccs1)C(O)CCC1CCCCO1. The smallest absolute Gasteiger partial charge is 0.0629 e. The summed E-state index contributed by atoms with van der Waals surface area (Å²) in [5, 5.41) is 12.3. The highest BCUT2D eigenvalue weighted by Crippen LogP contribution is 2.27. The van der Waals surface area contributed by atoms with Gasteiger partial charge in [0, 0.05) is 23.9 Å². The van der Waals surface area contributed by atoms with Crippen molar-refractivity contribution in [3.05, 3.63) is 22.4 Å². The Hall–Kier alpha value is -0.420. The van der Waals surface area contributed by atoms with E-state index in [0.29, 0.717) is 12.6 Å². The fourth-order valence-electron chi connectivity index (χ4n) is 2.56. The number of thiophene rings is 1. The summed E-state index contributed by atoms with van der Waals surface area (Å²) in [6.07, 6.45) is 5.30. The maximum absolute atomic E-state index is 10.3. The Labute approximate surface area is 113 Å². The summed E-state index contributed by atoms with van der Waals surface area (Å²) in [4.78, 5) is 1.19. The lowest BCUT2D eigenvalue weighted by Crippen LogP contribution is -2.27. The van der Waals surface area contributed by atoms with Crippen molar-refractivity contribution in [2.24, 2.45) is 5.73 Å². The van der Waals surface area contributed by atoms with Crippen LogP contribution in [0.3, 0.4) is 0 Å². The summed E-state index contributed by atoms with van der Waals surface area (Å²) in [6.45, 7) is 1.39. The standard InChI is InChI=1S/C14H23NO2S/c15-10-12(14-5-3-9-18-14)13(16)7-6-11-4-1-2-8-17-11/h3,5,9,11-13,16H,1-2,4,6-8,10,15H2. The maximum atomic E-state index is 10.3. The topological polar surface area (TPSA) is 55.5 Å². The van der Waals surface area contributed by atoms with Crippen LogP contribution in [0.1, 0.15) is 42.9 Å². The van der Waals surface area contributed by atoms with Crippen molar-refractivity contribution in [2.75, 3.05) is 13.2 Å². The fourth-order valence-corrected chi connectivity index (χ4v) is 3.46. The van der Waals surface area contributed by atoms with Crippen LogP contribution in [0, 0.1) is 0 Å². The van der Waals surface area contributed by atoms with Crippen molar-refractivity contribution >= 4 is 11.3 Å². The number of aliphatic hydroxyl groups is 1. The first kappa shape index (κ1) is 14.0. The zero-order valence-corrected chi connectivity index (χ0v) is 11.6. The molecule has 1 aromatic heterocycles. The number of ether oxygens (including phenoxy) is 1. The zero-order valence-electron chi connectivity index (χ0n) is 10.8. The molecule has 1 aromatic rings. The van der Waals surface area contributed by atoms with Gasteiger partial charge >= 0.3 is 0 Å². The molecule has 102 valence electrons. The molecule has 18 heavy (non-hydrogen) atoms. The van der Waals surface area contributed by atoms with Crippen molar-refractivity contribution in [3.63, 3.8) is 0 Å². The summed E-state index contributed by atoms with van der Waals surface area (Å²) in [6, 6.07) is 4.07. The third-order valence-electron chi connectivity index (χ3n) is 3.69. The van der Waals surface area contributed by atoms with Crippen molar-refractivity contribution in [1.82, 2.24) is 0 Å². The van der Waals surface area contributed by atoms with E-state index in [9.17, 15) is 5.11 Å². The van der Waals surface area contributed by atoms with Gasteiger partial charge in [-0.15, -0.1) is 11.3 Å². The Bertz CT molecular complexity index is 323. The number of rotatable bonds is 6. The fraction of sp³-hybridized carbons (Fsp3) is 0.714. The van der Waals surface area contributed by atoms with E-state index in [-0.39, 0.29) is 12.0 Å². The van der Waals surface area contributed by atoms with Gasteiger partial charge < -0.3 is 15.6 Å². The van der Waals surface area contributed by atoms with Crippen molar-refractivity contribution < 1.29 is 9.84 Å². The first-order valence-electron chi connectivity index (χ1n) is 6.84. The Morgan fingerprint density at radius 2 is 2.39 bits per heavy atom. The van der Waals surface area contributed by atoms with Crippen molar-refractivity contribution in [2.45, 2.75) is 50.2 Å². The molecule has 0 amide bonds. The lowest BCUT2D eigenvalue weighted by molar-refractivity contribution is 0.000521. The molecule has 0 saturated carbocycles. The molecule has 0 radical (unpaired) electrons. The molecular weight excluding hydrogens is 246 g/mol.